The molecule has 1 rings (SSSR count). The summed E-state index contributed by atoms with van der Waals surface area (Å²) in [7, 11) is 5.59. The Labute approximate surface area is 170 Å². The topological polar surface area (TPSA) is 40.1 Å². The van der Waals surface area contributed by atoms with E-state index < -0.39 is 0 Å². The van der Waals surface area contributed by atoms with E-state index in [0.717, 1.165) is 44.3 Å². The molecule has 0 aliphatic heterocycles. The molecular formula is C19H35IN4O. The van der Waals surface area contributed by atoms with Crippen LogP contribution in [0, 0.1) is 0 Å². The number of aliphatic imine (C=N–C) groups is 1. The Hall–Kier alpha value is -1.02. The number of guanidine groups is 1. The van der Waals surface area contributed by atoms with Crippen LogP contribution >= 0.6 is 24.0 Å². The Kier molecular flexibility index (Phi) is 13.6. The highest BCUT2D eigenvalue weighted by molar-refractivity contribution is 14.0. The molecule has 0 atom stereocenters. The van der Waals surface area contributed by atoms with Gasteiger partial charge in [-0.3, -0.25) is 4.99 Å². The molecule has 0 spiro atoms. The second kappa shape index (κ2) is 14.2. The van der Waals surface area contributed by atoms with E-state index in [1.54, 1.807) is 7.11 Å². The minimum absolute atomic E-state index is 0. The van der Waals surface area contributed by atoms with Gasteiger partial charge in [-0.15, -0.1) is 24.0 Å². The van der Waals surface area contributed by atoms with Crippen LogP contribution in [0.2, 0.25) is 0 Å². The van der Waals surface area contributed by atoms with Crippen LogP contribution in [0.15, 0.2) is 29.3 Å². The van der Waals surface area contributed by atoms with Crippen LogP contribution in [0.25, 0.3) is 0 Å². The molecule has 0 aliphatic carbocycles. The van der Waals surface area contributed by atoms with E-state index in [2.05, 4.69) is 53.1 Å². The fourth-order valence-electron chi connectivity index (χ4n) is 2.66. The van der Waals surface area contributed by atoms with Gasteiger partial charge in [0.2, 0.25) is 0 Å². The number of halogens is 1. The molecule has 1 N–H and O–H groups in total. The maximum Gasteiger partial charge on any atom is 0.193 e. The molecule has 0 heterocycles. The van der Waals surface area contributed by atoms with E-state index in [0.29, 0.717) is 0 Å². The van der Waals surface area contributed by atoms with Gasteiger partial charge in [0.15, 0.2) is 5.96 Å². The average Bonchev–Trinajstić information content (AvgIpc) is 2.62. The minimum Gasteiger partial charge on any atom is -0.497 e. The average molecular weight is 462 g/mol. The molecule has 1 aromatic rings. The summed E-state index contributed by atoms with van der Waals surface area (Å²) in [6.07, 6.45) is 2.37. The molecule has 0 saturated heterocycles. The Morgan fingerprint density at radius 1 is 1.12 bits per heavy atom. The van der Waals surface area contributed by atoms with E-state index in [9.17, 15) is 0 Å². The van der Waals surface area contributed by atoms with E-state index in [1.807, 2.05) is 19.2 Å². The van der Waals surface area contributed by atoms with Gasteiger partial charge < -0.3 is 19.9 Å². The number of hydrogen-bond donors (Lipinski definition) is 1. The molecule has 0 unspecified atom stereocenters. The summed E-state index contributed by atoms with van der Waals surface area (Å²) < 4.78 is 5.20. The number of unbranched alkanes of at least 4 members (excludes halogenated alkanes) is 1. The Bertz CT molecular complexity index is 475. The highest BCUT2D eigenvalue weighted by Crippen LogP contribution is 2.12. The lowest BCUT2D eigenvalue weighted by atomic mass is 10.2. The first kappa shape index (κ1) is 24.0. The normalized spacial score (nSPS) is 11.2. The fraction of sp³-hybridized carbons (Fsp3) is 0.632. The summed E-state index contributed by atoms with van der Waals surface area (Å²) in [4.78, 5) is 8.99. The molecule has 1 aromatic carbocycles. The van der Waals surface area contributed by atoms with Crippen LogP contribution in [0.5, 0.6) is 5.75 Å². The van der Waals surface area contributed by atoms with E-state index in [-0.39, 0.29) is 24.0 Å². The van der Waals surface area contributed by atoms with Crippen LogP contribution in [0.1, 0.15) is 32.3 Å². The second-order valence-electron chi connectivity index (χ2n) is 5.91. The van der Waals surface area contributed by atoms with Crippen molar-refractivity contribution in [1.82, 2.24) is 15.1 Å². The number of nitrogens with zero attached hydrogens (tertiary/aromatic N) is 3. The van der Waals surface area contributed by atoms with Crippen molar-refractivity contribution in [3.8, 4) is 5.75 Å². The summed E-state index contributed by atoms with van der Waals surface area (Å²) in [6, 6.07) is 8.17. The van der Waals surface area contributed by atoms with E-state index in [4.69, 9.17) is 4.74 Å². The zero-order valence-electron chi connectivity index (χ0n) is 16.4. The third-order valence-corrected chi connectivity index (χ3v) is 4.23. The number of methoxy groups -OCH3 is 1. The van der Waals surface area contributed by atoms with Gasteiger partial charge in [-0.2, -0.15) is 0 Å². The van der Waals surface area contributed by atoms with Crippen LogP contribution in [0.3, 0.4) is 0 Å². The van der Waals surface area contributed by atoms with Gasteiger partial charge in [-0.05, 0) is 50.2 Å². The van der Waals surface area contributed by atoms with Gasteiger partial charge in [-0.1, -0.05) is 26.0 Å². The molecule has 6 heteroatoms. The second-order valence-corrected chi connectivity index (χ2v) is 5.91. The number of ether oxygens (including phenoxy) is 1. The molecule has 0 aliphatic rings. The maximum atomic E-state index is 5.20. The van der Waals surface area contributed by atoms with Gasteiger partial charge in [-0.25, -0.2) is 0 Å². The first-order chi connectivity index (χ1) is 11.6. The van der Waals surface area contributed by atoms with Gasteiger partial charge >= 0.3 is 0 Å². The van der Waals surface area contributed by atoms with Crippen molar-refractivity contribution in [2.45, 2.75) is 33.2 Å². The number of nitrogens with one attached hydrogen (secondary N) is 1. The van der Waals surface area contributed by atoms with Crippen molar-refractivity contribution in [2.24, 2.45) is 4.99 Å². The first-order valence-electron chi connectivity index (χ1n) is 8.91. The fourth-order valence-corrected chi connectivity index (χ4v) is 2.66. The summed E-state index contributed by atoms with van der Waals surface area (Å²) in [5.74, 6) is 1.82. The third kappa shape index (κ3) is 9.30. The molecular weight excluding hydrogens is 427 g/mol. The van der Waals surface area contributed by atoms with E-state index >= 15 is 0 Å². The molecule has 0 aromatic heterocycles. The summed E-state index contributed by atoms with van der Waals surface area (Å²) >= 11 is 0. The zero-order chi connectivity index (χ0) is 17.8. The standard InChI is InChI=1S/C19H34N4O.HI/c1-6-23(7-2)15-9-8-14-21-19(20-3)22(4)16-17-10-12-18(24-5)13-11-17;/h10-13H,6-9,14-16H2,1-5H3,(H,20,21);1H. The van der Waals surface area contributed by atoms with Crippen molar-refractivity contribution in [1.29, 1.82) is 0 Å². The molecule has 25 heavy (non-hydrogen) atoms. The molecule has 0 fully saturated rings. The quantitative estimate of drug-likeness (QED) is 0.250. The predicted octanol–water partition coefficient (Wildman–Crippen LogP) is 3.44. The lowest BCUT2D eigenvalue weighted by Crippen LogP contribution is -2.39. The number of benzene rings is 1. The minimum atomic E-state index is 0. The largest absolute Gasteiger partial charge is 0.497 e. The molecule has 0 saturated carbocycles. The lowest BCUT2D eigenvalue weighted by Gasteiger charge is -2.23. The van der Waals surface area contributed by atoms with Crippen LogP contribution in [0.4, 0.5) is 0 Å². The summed E-state index contributed by atoms with van der Waals surface area (Å²) in [6.45, 7) is 9.67. The van der Waals surface area contributed by atoms with Crippen LogP contribution in [-0.4, -0.2) is 63.1 Å². The number of hydrogen-bond acceptors (Lipinski definition) is 3. The number of rotatable bonds is 10. The zero-order valence-corrected chi connectivity index (χ0v) is 18.7. The lowest BCUT2D eigenvalue weighted by molar-refractivity contribution is 0.297. The first-order valence-corrected chi connectivity index (χ1v) is 8.91. The van der Waals surface area contributed by atoms with Gasteiger partial charge in [0, 0.05) is 27.2 Å². The van der Waals surface area contributed by atoms with Gasteiger partial charge in [0.05, 0.1) is 7.11 Å². The SMILES string of the molecule is CCN(CC)CCCCNC(=NC)N(C)Cc1ccc(OC)cc1.I. The van der Waals surface area contributed by atoms with Crippen molar-refractivity contribution in [3.05, 3.63) is 29.8 Å². The predicted molar refractivity (Wildman–Crippen MR) is 118 cm³/mol. The Morgan fingerprint density at radius 2 is 1.76 bits per heavy atom. The summed E-state index contributed by atoms with van der Waals surface area (Å²) in [5, 5.41) is 3.45. The highest BCUT2D eigenvalue weighted by atomic mass is 127. The molecule has 0 amide bonds. The smallest absolute Gasteiger partial charge is 0.193 e. The van der Waals surface area contributed by atoms with Crippen molar-refractivity contribution < 1.29 is 4.74 Å². The van der Waals surface area contributed by atoms with Crippen molar-refractivity contribution in [2.75, 3.05) is 47.4 Å². The molecule has 144 valence electrons. The maximum absolute atomic E-state index is 5.20. The molecule has 5 nitrogen and oxygen atoms in total. The van der Waals surface area contributed by atoms with Gasteiger partial charge in [0.1, 0.15) is 5.75 Å². The Morgan fingerprint density at radius 3 is 2.28 bits per heavy atom. The highest BCUT2D eigenvalue weighted by Gasteiger charge is 2.06. The molecule has 0 radical (unpaired) electrons. The van der Waals surface area contributed by atoms with Crippen molar-refractivity contribution >= 4 is 29.9 Å². The van der Waals surface area contributed by atoms with Gasteiger partial charge in [0.25, 0.3) is 0 Å². The van der Waals surface area contributed by atoms with E-state index in [1.165, 1.54) is 18.5 Å². The van der Waals surface area contributed by atoms with Crippen LogP contribution < -0.4 is 10.1 Å². The monoisotopic (exact) mass is 462 g/mol. The third-order valence-electron chi connectivity index (χ3n) is 4.23. The molecule has 0 bridgehead atoms. The summed E-state index contributed by atoms with van der Waals surface area (Å²) in [5.41, 5.74) is 1.24. The Balaban J connectivity index is 0.00000576. The van der Waals surface area contributed by atoms with Crippen molar-refractivity contribution in [3.63, 3.8) is 0 Å². The van der Waals surface area contributed by atoms with Crippen LogP contribution in [-0.2, 0) is 6.54 Å².